The van der Waals surface area contributed by atoms with E-state index < -0.39 is 23.4 Å². The van der Waals surface area contributed by atoms with Crippen LogP contribution in [-0.2, 0) is 11.8 Å². The number of aromatic nitrogens is 4. The molecular weight excluding hydrogens is 411 g/mol. The van der Waals surface area contributed by atoms with Crippen LogP contribution in [-0.4, -0.2) is 35.8 Å². The summed E-state index contributed by atoms with van der Waals surface area (Å²) < 4.78 is 40.5. The molecule has 0 amide bonds. The molecule has 0 unspecified atom stereocenters. The number of aryl methyl sites for hydroxylation is 1. The maximum absolute atomic E-state index is 12.9. The van der Waals surface area contributed by atoms with Gasteiger partial charge < -0.3 is 15.5 Å². The summed E-state index contributed by atoms with van der Waals surface area (Å²) in [4.78, 5) is 12.7. The van der Waals surface area contributed by atoms with Gasteiger partial charge in [-0.25, -0.2) is 15.0 Å². The second-order valence-electron chi connectivity index (χ2n) is 7.87. The Morgan fingerprint density at radius 3 is 2.58 bits per heavy atom. The molecule has 3 aromatic rings. The van der Waals surface area contributed by atoms with Gasteiger partial charge in [0.25, 0.3) is 0 Å². The molecule has 10 heteroatoms. The van der Waals surface area contributed by atoms with Crippen LogP contribution >= 0.6 is 0 Å². The van der Waals surface area contributed by atoms with Crippen molar-refractivity contribution in [3.05, 3.63) is 59.8 Å². The van der Waals surface area contributed by atoms with Crippen molar-refractivity contribution in [3.63, 3.8) is 0 Å². The molecule has 4 rings (SSSR count). The third-order valence-corrected chi connectivity index (χ3v) is 5.41. The van der Waals surface area contributed by atoms with Crippen LogP contribution < -0.4 is 5.32 Å². The molecule has 0 saturated heterocycles. The lowest BCUT2D eigenvalue weighted by Crippen LogP contribution is -2.33. The SMILES string of the molecule is Cc1cc(Nc2cc(C(F)(F)F)ccn2)nc(-n2cnc([C@]3(O)CC[C@H](O)CC3)c2)c1. The van der Waals surface area contributed by atoms with Gasteiger partial charge in [-0.2, -0.15) is 13.2 Å². The summed E-state index contributed by atoms with van der Waals surface area (Å²) in [6.07, 6.45) is 1.28. The van der Waals surface area contributed by atoms with Gasteiger partial charge in [-0.3, -0.25) is 4.57 Å². The average molecular weight is 433 g/mol. The maximum atomic E-state index is 12.9. The summed E-state index contributed by atoms with van der Waals surface area (Å²) in [7, 11) is 0. The average Bonchev–Trinajstić information content (AvgIpc) is 3.21. The van der Waals surface area contributed by atoms with E-state index in [0.717, 1.165) is 23.9 Å². The first-order valence-electron chi connectivity index (χ1n) is 9.87. The highest BCUT2D eigenvalue weighted by Crippen LogP contribution is 2.36. The van der Waals surface area contributed by atoms with Crippen LogP contribution in [0.25, 0.3) is 5.82 Å². The summed E-state index contributed by atoms with van der Waals surface area (Å²) in [6, 6.07) is 5.32. The molecule has 1 aliphatic carbocycles. The smallest absolute Gasteiger partial charge is 0.393 e. The van der Waals surface area contributed by atoms with E-state index in [9.17, 15) is 23.4 Å². The molecule has 0 spiro atoms. The number of anilines is 2. The molecule has 0 aliphatic heterocycles. The van der Waals surface area contributed by atoms with E-state index in [1.807, 2.05) is 6.92 Å². The van der Waals surface area contributed by atoms with Crippen LogP contribution in [0.15, 0.2) is 43.0 Å². The number of nitrogens with one attached hydrogen (secondary N) is 1. The number of hydrogen-bond acceptors (Lipinski definition) is 6. The molecule has 1 fully saturated rings. The Bertz CT molecular complexity index is 1070. The van der Waals surface area contributed by atoms with Crippen molar-refractivity contribution in [2.24, 2.45) is 0 Å². The molecule has 3 N–H and O–H groups in total. The van der Waals surface area contributed by atoms with E-state index in [0.29, 0.717) is 43.0 Å². The van der Waals surface area contributed by atoms with E-state index in [1.165, 1.54) is 6.33 Å². The van der Waals surface area contributed by atoms with Gasteiger partial charge in [0.2, 0.25) is 0 Å². The van der Waals surface area contributed by atoms with Gasteiger partial charge in [0, 0.05) is 12.4 Å². The number of alkyl halides is 3. The van der Waals surface area contributed by atoms with E-state index in [4.69, 9.17) is 0 Å². The first kappa shape index (κ1) is 21.3. The Hall–Kier alpha value is -2.98. The van der Waals surface area contributed by atoms with Crippen molar-refractivity contribution < 1.29 is 23.4 Å². The van der Waals surface area contributed by atoms with Gasteiger partial charge in [-0.05, 0) is 62.4 Å². The predicted molar refractivity (Wildman–Crippen MR) is 107 cm³/mol. The van der Waals surface area contributed by atoms with E-state index in [-0.39, 0.29) is 5.82 Å². The predicted octanol–water partition coefficient (Wildman–Crippen LogP) is 3.86. The molecule has 0 atom stereocenters. The molecular formula is C21H22F3N5O2. The van der Waals surface area contributed by atoms with E-state index in [1.54, 1.807) is 22.9 Å². The summed E-state index contributed by atoms with van der Waals surface area (Å²) in [6.45, 7) is 1.84. The number of aliphatic hydroxyl groups excluding tert-OH is 1. The number of halogens is 3. The van der Waals surface area contributed by atoms with Crippen LogP contribution in [0.4, 0.5) is 24.8 Å². The highest BCUT2D eigenvalue weighted by molar-refractivity contribution is 5.55. The first-order valence-corrected chi connectivity index (χ1v) is 9.87. The molecule has 0 aromatic carbocycles. The zero-order valence-corrected chi connectivity index (χ0v) is 16.8. The third-order valence-electron chi connectivity index (χ3n) is 5.41. The number of nitrogens with zero attached hydrogens (tertiary/aromatic N) is 4. The lowest BCUT2D eigenvalue weighted by molar-refractivity contribution is -0.137. The van der Waals surface area contributed by atoms with E-state index >= 15 is 0 Å². The minimum atomic E-state index is -4.47. The fraction of sp³-hybridized carbons (Fsp3) is 0.381. The summed E-state index contributed by atoms with van der Waals surface area (Å²) in [5.41, 5.74) is -0.578. The molecule has 1 aliphatic rings. The van der Waals surface area contributed by atoms with Crippen molar-refractivity contribution in [1.82, 2.24) is 19.5 Å². The van der Waals surface area contributed by atoms with Crippen LogP contribution in [0.5, 0.6) is 0 Å². The molecule has 3 aromatic heterocycles. The molecule has 31 heavy (non-hydrogen) atoms. The normalized spacial score (nSPS) is 21.8. The number of pyridine rings is 2. The van der Waals surface area contributed by atoms with Crippen molar-refractivity contribution in [3.8, 4) is 5.82 Å². The van der Waals surface area contributed by atoms with Crippen molar-refractivity contribution in [2.75, 3.05) is 5.32 Å². The third kappa shape index (κ3) is 4.70. The largest absolute Gasteiger partial charge is 0.416 e. The number of aliphatic hydroxyl groups is 2. The number of rotatable bonds is 4. The molecule has 0 bridgehead atoms. The van der Waals surface area contributed by atoms with Crippen LogP contribution in [0, 0.1) is 6.92 Å². The van der Waals surface area contributed by atoms with E-state index in [2.05, 4.69) is 20.3 Å². The van der Waals surface area contributed by atoms with Crippen LogP contribution in [0.1, 0.15) is 42.5 Å². The standard InChI is InChI=1S/C21H22F3N5O2/c1-13-8-18(27-17-10-14(4-7-25-17)21(22,23)24)28-19(9-13)29-11-16(26-12-29)20(31)5-2-15(30)3-6-20/h4,7-12,15,30-31H,2-3,5-6H2,1H3,(H,25,27,28)/t15-,20-. The maximum Gasteiger partial charge on any atom is 0.416 e. The highest BCUT2D eigenvalue weighted by atomic mass is 19.4. The summed E-state index contributed by atoms with van der Waals surface area (Å²) >= 11 is 0. The van der Waals surface area contributed by atoms with Gasteiger partial charge in [0.05, 0.1) is 17.4 Å². The van der Waals surface area contributed by atoms with Crippen molar-refractivity contribution in [1.29, 1.82) is 0 Å². The number of imidazole rings is 1. The van der Waals surface area contributed by atoms with Gasteiger partial charge >= 0.3 is 6.18 Å². The minimum absolute atomic E-state index is 0.0280. The first-order chi connectivity index (χ1) is 14.6. The van der Waals surface area contributed by atoms with Gasteiger partial charge in [0.1, 0.15) is 29.4 Å². The van der Waals surface area contributed by atoms with Gasteiger partial charge in [-0.15, -0.1) is 0 Å². The van der Waals surface area contributed by atoms with Crippen molar-refractivity contribution >= 4 is 11.6 Å². The van der Waals surface area contributed by atoms with Crippen LogP contribution in [0.2, 0.25) is 0 Å². The molecule has 0 radical (unpaired) electrons. The number of hydrogen-bond donors (Lipinski definition) is 3. The quantitative estimate of drug-likeness (QED) is 0.578. The topological polar surface area (TPSA) is 96.1 Å². The lowest BCUT2D eigenvalue weighted by atomic mass is 9.81. The monoisotopic (exact) mass is 433 g/mol. The highest BCUT2D eigenvalue weighted by Gasteiger charge is 2.36. The Balaban J connectivity index is 1.59. The zero-order valence-electron chi connectivity index (χ0n) is 16.8. The molecule has 164 valence electrons. The van der Waals surface area contributed by atoms with Crippen molar-refractivity contribution in [2.45, 2.75) is 50.5 Å². The van der Waals surface area contributed by atoms with Gasteiger partial charge in [0.15, 0.2) is 0 Å². The van der Waals surface area contributed by atoms with Crippen LogP contribution in [0.3, 0.4) is 0 Å². The Labute approximate surface area is 176 Å². The summed E-state index contributed by atoms with van der Waals surface area (Å²) in [5.74, 6) is 0.851. The Morgan fingerprint density at radius 1 is 1.13 bits per heavy atom. The second kappa shape index (κ2) is 7.93. The molecule has 1 saturated carbocycles. The van der Waals surface area contributed by atoms with Gasteiger partial charge in [-0.1, -0.05) is 0 Å². The zero-order chi connectivity index (χ0) is 22.2. The molecule has 3 heterocycles. The summed E-state index contributed by atoms with van der Waals surface area (Å²) in [5, 5.41) is 23.4. The molecule has 7 nitrogen and oxygen atoms in total. The fourth-order valence-corrected chi connectivity index (χ4v) is 3.68. The Kier molecular flexibility index (Phi) is 5.44. The second-order valence-corrected chi connectivity index (χ2v) is 7.87. The lowest BCUT2D eigenvalue weighted by Gasteiger charge is -2.32. The Morgan fingerprint density at radius 2 is 1.87 bits per heavy atom. The minimum Gasteiger partial charge on any atom is -0.393 e. The fourth-order valence-electron chi connectivity index (χ4n) is 3.68.